The maximum absolute atomic E-state index is 12.9. The van der Waals surface area contributed by atoms with Gasteiger partial charge in [0.25, 0.3) is 10.1 Å². The third-order valence-corrected chi connectivity index (χ3v) is 2.15. The van der Waals surface area contributed by atoms with Crippen LogP contribution >= 0.6 is 0 Å². The molecule has 0 amide bonds. The zero-order chi connectivity index (χ0) is 11.5. The summed E-state index contributed by atoms with van der Waals surface area (Å²) in [5, 5.41) is 0. The number of hydrogen-bond donors (Lipinski definition) is 0. The molecule has 0 aliphatic heterocycles. The van der Waals surface area contributed by atoms with Gasteiger partial charge in [0.15, 0.2) is 0 Å². The number of rotatable bonds is 4. The van der Waals surface area contributed by atoms with Gasteiger partial charge in [-0.15, -0.1) is 0 Å². The van der Waals surface area contributed by atoms with Crippen molar-refractivity contribution in [1.82, 2.24) is 0 Å². The standard InChI is InChI=1S/C9H11FO4S/c1-13-9-4-7(3-8(10)5-9)6-14-15(2,11)12/h3-5H,6H2,1-2H3. The smallest absolute Gasteiger partial charge is 0.264 e. The Labute approximate surface area is 87.8 Å². The quantitative estimate of drug-likeness (QED) is 0.737. The third-order valence-electron chi connectivity index (χ3n) is 1.61. The SMILES string of the molecule is COc1cc(F)cc(COS(C)(=O)=O)c1. The van der Waals surface area contributed by atoms with Crippen LogP contribution < -0.4 is 4.74 Å². The van der Waals surface area contributed by atoms with E-state index in [4.69, 9.17) is 4.74 Å². The van der Waals surface area contributed by atoms with E-state index in [2.05, 4.69) is 4.18 Å². The first-order valence-corrected chi connectivity index (χ1v) is 5.90. The topological polar surface area (TPSA) is 52.6 Å². The molecule has 4 nitrogen and oxygen atoms in total. The fourth-order valence-corrected chi connectivity index (χ4v) is 1.35. The number of hydrogen-bond acceptors (Lipinski definition) is 4. The van der Waals surface area contributed by atoms with Gasteiger partial charge in [0, 0.05) is 6.07 Å². The Morgan fingerprint density at radius 3 is 2.53 bits per heavy atom. The Balaban J connectivity index is 2.81. The minimum Gasteiger partial charge on any atom is -0.497 e. The molecular formula is C9H11FO4S. The molecule has 0 radical (unpaired) electrons. The summed E-state index contributed by atoms with van der Waals surface area (Å²) in [6.07, 6.45) is 0.934. The molecule has 0 aliphatic carbocycles. The lowest BCUT2D eigenvalue weighted by atomic mass is 10.2. The summed E-state index contributed by atoms with van der Waals surface area (Å²) in [6.45, 7) is -0.201. The van der Waals surface area contributed by atoms with Gasteiger partial charge < -0.3 is 4.74 Å². The summed E-state index contributed by atoms with van der Waals surface area (Å²) in [7, 11) is -2.12. The molecule has 6 heteroatoms. The molecule has 0 unspecified atom stereocenters. The van der Waals surface area contributed by atoms with E-state index in [1.807, 2.05) is 0 Å². The fraction of sp³-hybridized carbons (Fsp3) is 0.333. The van der Waals surface area contributed by atoms with Gasteiger partial charge in [0.1, 0.15) is 11.6 Å². The van der Waals surface area contributed by atoms with E-state index in [1.54, 1.807) is 0 Å². The number of methoxy groups -OCH3 is 1. The molecule has 1 aromatic rings. The van der Waals surface area contributed by atoms with Crippen molar-refractivity contribution in [3.05, 3.63) is 29.6 Å². The first-order valence-electron chi connectivity index (χ1n) is 4.08. The summed E-state index contributed by atoms with van der Waals surface area (Å²) in [5.74, 6) is -0.177. The van der Waals surface area contributed by atoms with Gasteiger partial charge in [0.2, 0.25) is 0 Å². The van der Waals surface area contributed by atoms with Crippen molar-refractivity contribution >= 4 is 10.1 Å². The van der Waals surface area contributed by atoms with Crippen LogP contribution in [0.25, 0.3) is 0 Å². The number of halogens is 1. The van der Waals surface area contributed by atoms with Gasteiger partial charge in [-0.05, 0) is 17.7 Å². The van der Waals surface area contributed by atoms with Crippen LogP contribution in [0.2, 0.25) is 0 Å². The van der Waals surface area contributed by atoms with Gasteiger partial charge >= 0.3 is 0 Å². The molecule has 0 saturated carbocycles. The van der Waals surface area contributed by atoms with Crippen LogP contribution in [0.5, 0.6) is 5.75 Å². The van der Waals surface area contributed by atoms with Crippen LogP contribution in [-0.2, 0) is 20.9 Å². The molecule has 0 heterocycles. The molecule has 84 valence electrons. The van der Waals surface area contributed by atoms with E-state index < -0.39 is 15.9 Å². The Hall–Kier alpha value is -1.14. The fourth-order valence-electron chi connectivity index (χ4n) is 0.997. The van der Waals surface area contributed by atoms with Crippen LogP contribution in [-0.4, -0.2) is 21.8 Å². The zero-order valence-electron chi connectivity index (χ0n) is 8.36. The van der Waals surface area contributed by atoms with Crippen LogP contribution in [0.4, 0.5) is 4.39 Å². The van der Waals surface area contributed by atoms with Crippen molar-refractivity contribution in [2.75, 3.05) is 13.4 Å². The van der Waals surface area contributed by atoms with Crippen LogP contribution in [0.1, 0.15) is 5.56 Å². The molecule has 0 fully saturated rings. The lowest BCUT2D eigenvalue weighted by molar-refractivity contribution is 0.310. The Morgan fingerprint density at radius 2 is 2.00 bits per heavy atom. The van der Waals surface area contributed by atoms with E-state index in [9.17, 15) is 12.8 Å². The zero-order valence-corrected chi connectivity index (χ0v) is 9.17. The minimum atomic E-state index is -3.52. The lowest BCUT2D eigenvalue weighted by Gasteiger charge is -2.05. The average Bonchev–Trinajstić information content (AvgIpc) is 2.13. The van der Waals surface area contributed by atoms with Gasteiger partial charge in [-0.3, -0.25) is 4.18 Å². The molecule has 0 N–H and O–H groups in total. The van der Waals surface area contributed by atoms with E-state index in [0.717, 1.165) is 6.26 Å². The highest BCUT2D eigenvalue weighted by Gasteiger charge is 2.05. The Morgan fingerprint density at radius 1 is 1.33 bits per heavy atom. The predicted octanol–water partition coefficient (Wildman–Crippen LogP) is 1.31. The monoisotopic (exact) mass is 234 g/mol. The first kappa shape index (κ1) is 11.9. The summed E-state index contributed by atoms with van der Waals surface area (Å²) < 4.78 is 43.7. The summed E-state index contributed by atoms with van der Waals surface area (Å²) in [6, 6.07) is 3.89. The first-order chi connectivity index (χ1) is 6.90. The van der Waals surface area contributed by atoms with Crippen molar-refractivity contribution in [3.8, 4) is 5.75 Å². The van der Waals surface area contributed by atoms with Crippen molar-refractivity contribution in [2.24, 2.45) is 0 Å². The third kappa shape index (κ3) is 4.26. The second-order valence-electron chi connectivity index (χ2n) is 2.97. The lowest BCUT2D eigenvalue weighted by Crippen LogP contribution is -2.03. The van der Waals surface area contributed by atoms with E-state index in [-0.39, 0.29) is 6.61 Å². The molecule has 0 aliphatic rings. The Kier molecular flexibility index (Phi) is 3.65. The molecule has 0 bridgehead atoms. The average molecular weight is 234 g/mol. The highest BCUT2D eigenvalue weighted by Crippen LogP contribution is 2.16. The molecule has 1 rings (SSSR count). The van der Waals surface area contributed by atoms with Crippen molar-refractivity contribution < 1.29 is 21.7 Å². The van der Waals surface area contributed by atoms with Crippen LogP contribution in [0.15, 0.2) is 18.2 Å². The number of benzene rings is 1. The maximum Gasteiger partial charge on any atom is 0.264 e. The molecule has 15 heavy (non-hydrogen) atoms. The summed E-state index contributed by atoms with van der Waals surface area (Å²) in [5.41, 5.74) is 0.400. The van der Waals surface area contributed by atoms with Gasteiger partial charge in [-0.25, -0.2) is 4.39 Å². The second kappa shape index (κ2) is 4.59. The van der Waals surface area contributed by atoms with Gasteiger partial charge in [-0.2, -0.15) is 8.42 Å². The van der Waals surface area contributed by atoms with Crippen molar-refractivity contribution in [1.29, 1.82) is 0 Å². The molecular weight excluding hydrogens is 223 g/mol. The maximum atomic E-state index is 12.9. The molecule has 0 atom stereocenters. The molecule has 0 aromatic heterocycles. The van der Waals surface area contributed by atoms with Crippen molar-refractivity contribution in [3.63, 3.8) is 0 Å². The largest absolute Gasteiger partial charge is 0.497 e. The minimum absolute atomic E-state index is 0.201. The van der Waals surface area contributed by atoms with Crippen molar-refractivity contribution in [2.45, 2.75) is 6.61 Å². The van der Waals surface area contributed by atoms with Crippen LogP contribution in [0.3, 0.4) is 0 Å². The normalized spacial score (nSPS) is 11.4. The van der Waals surface area contributed by atoms with E-state index in [1.165, 1.54) is 25.3 Å². The van der Waals surface area contributed by atoms with Gasteiger partial charge in [-0.1, -0.05) is 0 Å². The van der Waals surface area contributed by atoms with E-state index >= 15 is 0 Å². The molecule has 1 aromatic carbocycles. The van der Waals surface area contributed by atoms with Crippen LogP contribution in [0, 0.1) is 5.82 Å². The highest BCUT2D eigenvalue weighted by atomic mass is 32.2. The predicted molar refractivity (Wildman–Crippen MR) is 52.6 cm³/mol. The Bertz CT molecular complexity index is 441. The summed E-state index contributed by atoms with van der Waals surface area (Å²) in [4.78, 5) is 0. The molecule has 0 spiro atoms. The number of ether oxygens (including phenoxy) is 1. The molecule has 0 saturated heterocycles. The highest BCUT2D eigenvalue weighted by molar-refractivity contribution is 7.85. The van der Waals surface area contributed by atoms with Gasteiger partial charge in [0.05, 0.1) is 20.0 Å². The second-order valence-corrected chi connectivity index (χ2v) is 4.61. The van der Waals surface area contributed by atoms with E-state index in [0.29, 0.717) is 11.3 Å². The summed E-state index contributed by atoms with van der Waals surface area (Å²) >= 11 is 0.